The molecule has 2 atom stereocenters. The zero-order chi connectivity index (χ0) is 10.5. The van der Waals surface area contributed by atoms with Gasteiger partial charge in [0.1, 0.15) is 0 Å². The summed E-state index contributed by atoms with van der Waals surface area (Å²) in [6.45, 7) is 8.21. The Balaban J connectivity index is 4.43. The molecule has 0 amide bonds. The molecule has 0 heterocycles. The highest BCUT2D eigenvalue weighted by molar-refractivity contribution is 4.92. The molecule has 2 heteroatoms. The first-order valence-corrected chi connectivity index (χ1v) is 5.05. The third kappa shape index (κ3) is 3.78. The van der Waals surface area contributed by atoms with Crippen molar-refractivity contribution >= 4 is 0 Å². The molecule has 0 aromatic heterocycles. The highest BCUT2D eigenvalue weighted by atomic mass is 16.3. The van der Waals surface area contributed by atoms with Crippen molar-refractivity contribution in [2.75, 3.05) is 0 Å². The third-order valence-electron chi connectivity index (χ3n) is 2.68. The Hall–Kier alpha value is -0.550. The summed E-state index contributed by atoms with van der Waals surface area (Å²) in [4.78, 5) is 0. The summed E-state index contributed by atoms with van der Waals surface area (Å²) < 4.78 is 0. The van der Waals surface area contributed by atoms with Gasteiger partial charge in [-0.25, -0.2) is 0 Å². The molecule has 0 saturated heterocycles. The van der Waals surface area contributed by atoms with Gasteiger partial charge in [0, 0.05) is 0 Å². The molecule has 0 saturated carbocycles. The predicted octanol–water partition coefficient (Wildman–Crippen LogP) is 2.72. The van der Waals surface area contributed by atoms with Crippen LogP contribution in [0.1, 0.15) is 47.0 Å². The molecule has 0 aromatic rings. The van der Waals surface area contributed by atoms with Gasteiger partial charge in [0.25, 0.3) is 0 Å². The molecular formula is C11H21NO. The van der Waals surface area contributed by atoms with Crippen molar-refractivity contribution in [3.8, 4) is 6.07 Å². The highest BCUT2D eigenvalue weighted by Gasteiger charge is 2.32. The van der Waals surface area contributed by atoms with E-state index in [0.29, 0.717) is 5.92 Å². The zero-order valence-electron chi connectivity index (χ0n) is 9.17. The van der Waals surface area contributed by atoms with Crippen molar-refractivity contribution in [2.45, 2.75) is 52.6 Å². The van der Waals surface area contributed by atoms with E-state index in [1.54, 1.807) is 0 Å². The van der Waals surface area contributed by atoms with Crippen LogP contribution in [-0.4, -0.2) is 10.7 Å². The van der Waals surface area contributed by atoms with E-state index in [2.05, 4.69) is 19.9 Å². The Morgan fingerprint density at radius 2 is 1.92 bits per heavy atom. The molecule has 13 heavy (non-hydrogen) atoms. The van der Waals surface area contributed by atoms with Crippen LogP contribution < -0.4 is 0 Å². The van der Waals surface area contributed by atoms with Crippen LogP contribution in [0.15, 0.2) is 0 Å². The summed E-state index contributed by atoms with van der Waals surface area (Å²) in [6.07, 6.45) is 1.89. The van der Waals surface area contributed by atoms with Crippen LogP contribution in [0.2, 0.25) is 0 Å². The molecule has 1 N–H and O–H groups in total. The van der Waals surface area contributed by atoms with Crippen molar-refractivity contribution in [2.24, 2.45) is 11.8 Å². The van der Waals surface area contributed by atoms with Crippen molar-refractivity contribution in [3.63, 3.8) is 0 Å². The maximum atomic E-state index is 10.2. The number of rotatable bonds is 5. The molecule has 0 aliphatic rings. The predicted molar refractivity (Wildman–Crippen MR) is 54.1 cm³/mol. The van der Waals surface area contributed by atoms with Gasteiger partial charge in [-0.05, 0) is 18.3 Å². The monoisotopic (exact) mass is 183 g/mol. The number of nitrogens with zero attached hydrogens (tertiary/aromatic N) is 1. The minimum Gasteiger partial charge on any atom is -0.389 e. The fourth-order valence-corrected chi connectivity index (χ4v) is 1.67. The smallest absolute Gasteiger partial charge is 0.0804 e. The second-order valence-electron chi connectivity index (χ2n) is 4.35. The van der Waals surface area contributed by atoms with Gasteiger partial charge in [0.15, 0.2) is 0 Å². The quantitative estimate of drug-likeness (QED) is 0.712. The maximum absolute atomic E-state index is 10.2. The molecule has 0 aromatic carbocycles. The lowest BCUT2D eigenvalue weighted by Gasteiger charge is -2.33. The molecule has 2 unspecified atom stereocenters. The number of nitriles is 1. The average Bonchev–Trinajstić information content (AvgIpc) is 2.02. The largest absolute Gasteiger partial charge is 0.389 e. The van der Waals surface area contributed by atoms with Crippen molar-refractivity contribution < 1.29 is 5.11 Å². The third-order valence-corrected chi connectivity index (χ3v) is 2.68. The molecule has 0 aliphatic carbocycles. The van der Waals surface area contributed by atoms with Gasteiger partial charge in [-0.1, -0.05) is 34.1 Å². The summed E-state index contributed by atoms with van der Waals surface area (Å²) in [6, 6.07) is 2.08. The van der Waals surface area contributed by atoms with E-state index < -0.39 is 5.60 Å². The van der Waals surface area contributed by atoms with E-state index in [4.69, 9.17) is 5.26 Å². The van der Waals surface area contributed by atoms with Gasteiger partial charge >= 0.3 is 0 Å². The SMILES string of the molecule is CCC(C)C(O)(CC#N)CC(C)C. The molecule has 0 spiro atoms. The Labute approximate surface area is 81.6 Å². The standard InChI is InChI=1S/C11H21NO/c1-5-10(4)11(13,6-7-12)8-9(2)3/h9-10,13H,5-6,8H2,1-4H3. The molecule has 2 nitrogen and oxygen atoms in total. The maximum Gasteiger partial charge on any atom is 0.0804 e. The second-order valence-corrected chi connectivity index (χ2v) is 4.35. The Bertz CT molecular complexity index is 183. The Morgan fingerprint density at radius 3 is 2.23 bits per heavy atom. The molecule has 0 rings (SSSR count). The number of hydrogen-bond donors (Lipinski definition) is 1. The lowest BCUT2D eigenvalue weighted by molar-refractivity contribution is -0.0268. The van der Waals surface area contributed by atoms with Gasteiger partial charge < -0.3 is 5.11 Å². The van der Waals surface area contributed by atoms with Gasteiger partial charge in [-0.3, -0.25) is 0 Å². The molecular weight excluding hydrogens is 162 g/mol. The summed E-state index contributed by atoms with van der Waals surface area (Å²) >= 11 is 0. The Kier molecular flexibility index (Phi) is 5.02. The molecule has 0 radical (unpaired) electrons. The zero-order valence-corrected chi connectivity index (χ0v) is 9.17. The molecule has 0 aliphatic heterocycles. The van der Waals surface area contributed by atoms with Crippen LogP contribution in [-0.2, 0) is 0 Å². The number of hydrogen-bond acceptors (Lipinski definition) is 2. The van der Waals surface area contributed by atoms with Crippen molar-refractivity contribution in [3.05, 3.63) is 0 Å². The fourth-order valence-electron chi connectivity index (χ4n) is 1.67. The summed E-state index contributed by atoms with van der Waals surface area (Å²) in [7, 11) is 0. The van der Waals surface area contributed by atoms with E-state index >= 15 is 0 Å². The first-order valence-electron chi connectivity index (χ1n) is 5.05. The van der Waals surface area contributed by atoms with Crippen LogP contribution in [0.5, 0.6) is 0 Å². The van der Waals surface area contributed by atoms with Gasteiger partial charge in [0.05, 0.1) is 18.1 Å². The van der Waals surface area contributed by atoms with E-state index in [1.165, 1.54) is 0 Å². The minimum absolute atomic E-state index is 0.203. The van der Waals surface area contributed by atoms with E-state index in [1.807, 2.05) is 13.8 Å². The second kappa shape index (κ2) is 5.24. The van der Waals surface area contributed by atoms with Gasteiger partial charge in [0.2, 0.25) is 0 Å². The summed E-state index contributed by atoms with van der Waals surface area (Å²) in [5.74, 6) is 0.641. The fraction of sp³-hybridized carbons (Fsp3) is 0.909. The van der Waals surface area contributed by atoms with E-state index in [9.17, 15) is 5.11 Å². The Morgan fingerprint density at radius 1 is 1.38 bits per heavy atom. The normalized spacial score (nSPS) is 17.9. The highest BCUT2D eigenvalue weighted by Crippen LogP contribution is 2.30. The topological polar surface area (TPSA) is 44.0 Å². The average molecular weight is 183 g/mol. The summed E-state index contributed by atoms with van der Waals surface area (Å²) in [5, 5.41) is 18.9. The van der Waals surface area contributed by atoms with Gasteiger partial charge in [-0.2, -0.15) is 5.26 Å². The van der Waals surface area contributed by atoms with Crippen LogP contribution in [0.4, 0.5) is 0 Å². The van der Waals surface area contributed by atoms with Crippen LogP contribution >= 0.6 is 0 Å². The van der Waals surface area contributed by atoms with Crippen LogP contribution in [0.25, 0.3) is 0 Å². The van der Waals surface area contributed by atoms with Crippen LogP contribution in [0, 0.1) is 23.2 Å². The van der Waals surface area contributed by atoms with E-state index in [0.717, 1.165) is 12.8 Å². The first-order chi connectivity index (χ1) is 5.96. The van der Waals surface area contributed by atoms with E-state index in [-0.39, 0.29) is 12.3 Å². The minimum atomic E-state index is -0.780. The first kappa shape index (κ1) is 12.4. The van der Waals surface area contributed by atoms with Crippen molar-refractivity contribution in [1.82, 2.24) is 0 Å². The van der Waals surface area contributed by atoms with Crippen molar-refractivity contribution in [1.29, 1.82) is 5.26 Å². The lowest BCUT2D eigenvalue weighted by atomic mass is 9.78. The summed E-state index contributed by atoms with van der Waals surface area (Å²) in [5.41, 5.74) is -0.780. The molecule has 0 fully saturated rings. The van der Waals surface area contributed by atoms with Crippen LogP contribution in [0.3, 0.4) is 0 Å². The molecule has 76 valence electrons. The lowest BCUT2D eigenvalue weighted by Crippen LogP contribution is -2.37. The number of aliphatic hydroxyl groups is 1. The van der Waals surface area contributed by atoms with Gasteiger partial charge in [-0.15, -0.1) is 0 Å². The molecule has 0 bridgehead atoms.